The van der Waals surface area contributed by atoms with Gasteiger partial charge in [-0.15, -0.1) is 11.3 Å². The summed E-state index contributed by atoms with van der Waals surface area (Å²) in [5.74, 6) is -0.348. The van der Waals surface area contributed by atoms with E-state index in [1.807, 2.05) is 31.4 Å². The van der Waals surface area contributed by atoms with Gasteiger partial charge in [0, 0.05) is 35.3 Å². The first-order valence-electron chi connectivity index (χ1n) is 8.26. The number of hydrogen-bond donors (Lipinski definition) is 2. The molecule has 1 heterocycles. The first-order valence-corrected chi connectivity index (χ1v) is 9.55. The van der Waals surface area contributed by atoms with E-state index in [1.54, 1.807) is 46.6 Å². The monoisotopic (exact) mass is 387 g/mol. The molecule has 2 aromatic rings. The fraction of sp³-hybridized carbons (Fsp3) is 0.211. The molecule has 26 heavy (non-hydrogen) atoms. The Kier molecular flexibility index (Phi) is 7.50. The summed E-state index contributed by atoms with van der Waals surface area (Å²) in [6.07, 6.45) is 3.16. The number of hydrogen-bond acceptors (Lipinski definition) is 4. The van der Waals surface area contributed by atoms with Gasteiger partial charge in [-0.1, -0.05) is 12.1 Å². The third-order valence-corrected chi connectivity index (χ3v) is 4.64. The van der Waals surface area contributed by atoms with Crippen molar-refractivity contribution in [1.82, 2.24) is 10.2 Å². The molecule has 0 aliphatic heterocycles. The van der Waals surface area contributed by atoms with E-state index in [0.29, 0.717) is 24.3 Å². The number of carbonyl (C=O) groups excluding carboxylic acids is 2. The standard InChI is InChI=1S/C19H21N3O2S2/c1-3-22(4-2)18(24)14-7-5-8-15(13-14)20-19(25)21-17(23)11-10-16-9-6-12-26-16/h5-13H,3-4H2,1-2H3,(H2,20,21,23,25)/b11-10+. The lowest BCUT2D eigenvalue weighted by Gasteiger charge is -2.19. The van der Waals surface area contributed by atoms with Gasteiger partial charge in [0.15, 0.2) is 5.11 Å². The van der Waals surface area contributed by atoms with E-state index in [-0.39, 0.29) is 16.9 Å². The smallest absolute Gasteiger partial charge is 0.253 e. The second-order valence-electron chi connectivity index (χ2n) is 5.35. The van der Waals surface area contributed by atoms with Crippen LogP contribution in [0.25, 0.3) is 6.08 Å². The third kappa shape index (κ3) is 5.79. The molecule has 0 fully saturated rings. The van der Waals surface area contributed by atoms with Crippen molar-refractivity contribution >= 4 is 52.2 Å². The zero-order chi connectivity index (χ0) is 18.9. The summed E-state index contributed by atoms with van der Waals surface area (Å²) in [7, 11) is 0. The average Bonchev–Trinajstić information content (AvgIpc) is 3.14. The van der Waals surface area contributed by atoms with Crippen LogP contribution in [0.5, 0.6) is 0 Å². The van der Waals surface area contributed by atoms with Crippen molar-refractivity contribution in [3.05, 3.63) is 58.3 Å². The van der Waals surface area contributed by atoms with Crippen molar-refractivity contribution in [2.24, 2.45) is 0 Å². The van der Waals surface area contributed by atoms with Crippen LogP contribution in [-0.2, 0) is 4.79 Å². The zero-order valence-corrected chi connectivity index (χ0v) is 16.3. The van der Waals surface area contributed by atoms with Gasteiger partial charge in [0.25, 0.3) is 5.91 Å². The molecule has 0 saturated carbocycles. The lowest BCUT2D eigenvalue weighted by Crippen LogP contribution is -2.33. The fourth-order valence-corrected chi connectivity index (χ4v) is 3.12. The number of anilines is 1. The molecule has 5 nitrogen and oxygen atoms in total. The van der Waals surface area contributed by atoms with E-state index in [4.69, 9.17) is 12.2 Å². The lowest BCUT2D eigenvalue weighted by atomic mass is 10.1. The number of benzene rings is 1. The van der Waals surface area contributed by atoms with Crippen molar-refractivity contribution in [2.45, 2.75) is 13.8 Å². The Balaban J connectivity index is 1.95. The average molecular weight is 388 g/mol. The van der Waals surface area contributed by atoms with Crippen LogP contribution in [0, 0.1) is 0 Å². The van der Waals surface area contributed by atoms with Crippen molar-refractivity contribution in [2.75, 3.05) is 18.4 Å². The summed E-state index contributed by atoms with van der Waals surface area (Å²) in [4.78, 5) is 27.0. The Morgan fingerprint density at radius 1 is 1.19 bits per heavy atom. The predicted molar refractivity (Wildman–Crippen MR) is 111 cm³/mol. The van der Waals surface area contributed by atoms with Gasteiger partial charge in [-0.3, -0.25) is 14.9 Å². The maximum atomic E-state index is 12.4. The number of carbonyl (C=O) groups is 2. The van der Waals surface area contributed by atoms with E-state index < -0.39 is 0 Å². The van der Waals surface area contributed by atoms with Gasteiger partial charge >= 0.3 is 0 Å². The summed E-state index contributed by atoms with van der Waals surface area (Å²) in [5.41, 5.74) is 1.22. The molecular formula is C19H21N3O2S2. The molecule has 0 bridgehead atoms. The fourth-order valence-electron chi connectivity index (χ4n) is 2.28. The normalized spacial score (nSPS) is 10.5. The van der Waals surface area contributed by atoms with Crippen molar-refractivity contribution in [3.8, 4) is 0 Å². The topological polar surface area (TPSA) is 61.4 Å². The summed E-state index contributed by atoms with van der Waals surface area (Å²) in [6, 6.07) is 10.9. The number of thiophene rings is 1. The molecule has 0 atom stereocenters. The number of nitrogens with one attached hydrogen (secondary N) is 2. The van der Waals surface area contributed by atoms with Gasteiger partial charge in [0.05, 0.1) is 0 Å². The molecule has 0 spiro atoms. The van der Waals surface area contributed by atoms with Crippen LogP contribution in [-0.4, -0.2) is 34.9 Å². The van der Waals surface area contributed by atoms with Gasteiger partial charge in [0.1, 0.15) is 0 Å². The Labute approximate surface area is 162 Å². The van der Waals surface area contributed by atoms with Gasteiger partial charge in [0.2, 0.25) is 5.91 Å². The summed E-state index contributed by atoms with van der Waals surface area (Å²) < 4.78 is 0. The lowest BCUT2D eigenvalue weighted by molar-refractivity contribution is -0.115. The molecule has 1 aromatic carbocycles. The van der Waals surface area contributed by atoms with Crippen LogP contribution >= 0.6 is 23.6 Å². The molecule has 1 aromatic heterocycles. The Morgan fingerprint density at radius 3 is 2.62 bits per heavy atom. The van der Waals surface area contributed by atoms with Crippen LogP contribution in [0.1, 0.15) is 29.1 Å². The van der Waals surface area contributed by atoms with Gasteiger partial charge in [-0.25, -0.2) is 0 Å². The summed E-state index contributed by atoms with van der Waals surface area (Å²) in [6.45, 7) is 5.19. The van der Waals surface area contributed by atoms with Crippen LogP contribution in [0.15, 0.2) is 47.9 Å². The molecule has 136 valence electrons. The molecule has 0 radical (unpaired) electrons. The third-order valence-electron chi connectivity index (χ3n) is 3.60. The molecule has 7 heteroatoms. The highest BCUT2D eigenvalue weighted by Crippen LogP contribution is 2.13. The Hall–Kier alpha value is -2.51. The van der Waals surface area contributed by atoms with Gasteiger partial charge < -0.3 is 10.2 Å². The minimum atomic E-state index is -0.314. The predicted octanol–water partition coefficient (Wildman–Crippen LogP) is 3.76. The summed E-state index contributed by atoms with van der Waals surface area (Å²) >= 11 is 6.71. The quantitative estimate of drug-likeness (QED) is 0.585. The highest BCUT2D eigenvalue weighted by atomic mass is 32.1. The molecule has 0 aliphatic carbocycles. The number of rotatable bonds is 6. The van der Waals surface area contributed by atoms with Crippen molar-refractivity contribution in [3.63, 3.8) is 0 Å². The largest absolute Gasteiger partial charge is 0.339 e. The van der Waals surface area contributed by atoms with E-state index in [9.17, 15) is 9.59 Å². The van der Waals surface area contributed by atoms with E-state index in [1.165, 1.54) is 6.08 Å². The Morgan fingerprint density at radius 2 is 1.96 bits per heavy atom. The SMILES string of the molecule is CCN(CC)C(=O)c1cccc(NC(=S)NC(=O)/C=C/c2cccs2)c1. The molecule has 2 N–H and O–H groups in total. The highest BCUT2D eigenvalue weighted by Gasteiger charge is 2.13. The van der Waals surface area contributed by atoms with Crippen molar-refractivity contribution < 1.29 is 9.59 Å². The molecule has 2 rings (SSSR count). The van der Waals surface area contributed by atoms with Gasteiger partial charge in [-0.2, -0.15) is 0 Å². The van der Waals surface area contributed by atoms with Crippen LogP contribution in [0.3, 0.4) is 0 Å². The van der Waals surface area contributed by atoms with E-state index >= 15 is 0 Å². The van der Waals surface area contributed by atoms with E-state index in [0.717, 1.165) is 4.88 Å². The first kappa shape index (κ1) is 19.8. The second-order valence-corrected chi connectivity index (χ2v) is 6.74. The molecule has 0 aliphatic rings. The maximum Gasteiger partial charge on any atom is 0.253 e. The maximum absolute atomic E-state index is 12.4. The minimum absolute atomic E-state index is 0.0347. The zero-order valence-electron chi connectivity index (χ0n) is 14.7. The molecule has 0 saturated heterocycles. The number of amides is 2. The van der Waals surface area contributed by atoms with Gasteiger partial charge in [-0.05, 0) is 61.8 Å². The second kappa shape index (κ2) is 9.84. The Bertz CT molecular complexity index is 797. The van der Waals surface area contributed by atoms with Crippen molar-refractivity contribution in [1.29, 1.82) is 0 Å². The van der Waals surface area contributed by atoms with Crippen LogP contribution in [0.4, 0.5) is 5.69 Å². The highest BCUT2D eigenvalue weighted by molar-refractivity contribution is 7.80. The van der Waals surface area contributed by atoms with E-state index in [2.05, 4.69) is 10.6 Å². The molecular weight excluding hydrogens is 366 g/mol. The van der Waals surface area contributed by atoms with Crippen LogP contribution in [0.2, 0.25) is 0 Å². The molecule has 2 amide bonds. The number of thiocarbonyl (C=S) groups is 1. The first-order chi connectivity index (χ1) is 12.5. The number of nitrogens with zero attached hydrogens (tertiary/aromatic N) is 1. The summed E-state index contributed by atoms with van der Waals surface area (Å²) in [5, 5.41) is 7.64. The minimum Gasteiger partial charge on any atom is -0.339 e. The molecule has 0 unspecified atom stereocenters. The van der Waals surface area contributed by atoms with Crippen LogP contribution < -0.4 is 10.6 Å².